The molecule has 0 saturated carbocycles. The van der Waals surface area contributed by atoms with Crippen molar-refractivity contribution in [2.45, 2.75) is 26.4 Å². The lowest BCUT2D eigenvalue weighted by atomic mass is 10.0. The lowest BCUT2D eigenvalue weighted by Gasteiger charge is -2.07. The smallest absolute Gasteiger partial charge is 0.186 e. The molecule has 1 aromatic heterocycles. The minimum atomic E-state index is 0.355. The van der Waals surface area contributed by atoms with Gasteiger partial charge in [-0.05, 0) is 34.0 Å². The summed E-state index contributed by atoms with van der Waals surface area (Å²) in [4.78, 5) is 0. The van der Waals surface area contributed by atoms with Crippen molar-refractivity contribution in [2.75, 3.05) is 0 Å². The van der Waals surface area contributed by atoms with Crippen LogP contribution in [0.4, 0.5) is 0 Å². The van der Waals surface area contributed by atoms with Crippen LogP contribution in [0.1, 0.15) is 31.2 Å². The van der Waals surface area contributed by atoms with Gasteiger partial charge in [0.05, 0.1) is 0 Å². The van der Waals surface area contributed by atoms with Gasteiger partial charge in [0, 0.05) is 0 Å². The van der Waals surface area contributed by atoms with Crippen molar-refractivity contribution in [2.24, 2.45) is 0 Å². The molecular weight excluding hydrogens is 204 g/mol. The molecule has 0 fully saturated rings. The number of hydrogen-bond donors (Lipinski definition) is 1. The highest BCUT2D eigenvalue weighted by molar-refractivity contribution is 5.28. The van der Waals surface area contributed by atoms with E-state index in [1.54, 1.807) is 0 Å². The maximum Gasteiger partial charge on any atom is 0.186 e. The Hall–Kier alpha value is -1.91. The monoisotopic (exact) mass is 218 g/mol. The molecule has 2 rings (SSSR count). The molecule has 0 spiro atoms. The van der Waals surface area contributed by atoms with Crippen LogP contribution in [-0.4, -0.2) is 20.6 Å². The molecule has 0 aliphatic rings. The van der Waals surface area contributed by atoms with Crippen LogP contribution in [0.5, 0.6) is 5.75 Å². The number of aromatic nitrogens is 4. The molecule has 2 aromatic rings. The van der Waals surface area contributed by atoms with Crippen LogP contribution < -0.4 is 4.74 Å². The first-order chi connectivity index (χ1) is 7.75. The topological polar surface area (TPSA) is 63.7 Å². The summed E-state index contributed by atoms with van der Waals surface area (Å²) in [6.45, 7) is 4.68. The van der Waals surface area contributed by atoms with Crippen LogP contribution in [0.15, 0.2) is 24.3 Å². The number of ether oxygens (including phenoxy) is 1. The Bertz CT molecular complexity index is 422. The van der Waals surface area contributed by atoms with Gasteiger partial charge in [-0.25, -0.2) is 5.10 Å². The summed E-state index contributed by atoms with van der Waals surface area (Å²) in [5.41, 5.74) is 1.30. The second-order valence-electron chi connectivity index (χ2n) is 3.86. The predicted molar refractivity (Wildman–Crippen MR) is 59.0 cm³/mol. The Kier molecular flexibility index (Phi) is 3.14. The Morgan fingerprint density at radius 2 is 2.00 bits per heavy atom. The van der Waals surface area contributed by atoms with Gasteiger partial charge in [0.15, 0.2) is 5.82 Å². The van der Waals surface area contributed by atoms with E-state index in [0.29, 0.717) is 18.3 Å². The molecule has 1 N–H and O–H groups in total. The van der Waals surface area contributed by atoms with Crippen LogP contribution in [0, 0.1) is 0 Å². The van der Waals surface area contributed by atoms with Crippen LogP contribution >= 0.6 is 0 Å². The van der Waals surface area contributed by atoms with Crippen molar-refractivity contribution < 1.29 is 4.74 Å². The third-order valence-corrected chi connectivity index (χ3v) is 2.31. The van der Waals surface area contributed by atoms with Gasteiger partial charge in [0.1, 0.15) is 12.4 Å². The number of H-pyrrole nitrogens is 1. The van der Waals surface area contributed by atoms with Crippen LogP contribution in [0.3, 0.4) is 0 Å². The van der Waals surface area contributed by atoms with Crippen molar-refractivity contribution in [1.82, 2.24) is 20.6 Å². The number of aromatic amines is 1. The van der Waals surface area contributed by atoms with E-state index in [1.165, 1.54) is 5.56 Å². The molecule has 0 amide bonds. The molecule has 16 heavy (non-hydrogen) atoms. The standard InChI is InChI=1S/C11H14N4O/c1-8(2)9-3-5-10(6-4-9)16-7-11-12-14-15-13-11/h3-6,8H,7H2,1-2H3,(H,12,13,14,15). The largest absolute Gasteiger partial charge is 0.486 e. The zero-order valence-corrected chi connectivity index (χ0v) is 9.34. The molecule has 84 valence electrons. The van der Waals surface area contributed by atoms with Gasteiger partial charge >= 0.3 is 0 Å². The van der Waals surface area contributed by atoms with Gasteiger partial charge in [-0.3, -0.25) is 0 Å². The zero-order valence-electron chi connectivity index (χ0n) is 9.34. The average Bonchev–Trinajstić information content (AvgIpc) is 2.80. The van der Waals surface area contributed by atoms with Gasteiger partial charge in [0.2, 0.25) is 0 Å². The molecule has 0 aliphatic carbocycles. The molecule has 0 bridgehead atoms. The number of hydrogen-bond acceptors (Lipinski definition) is 4. The van der Waals surface area contributed by atoms with Crippen molar-refractivity contribution in [3.8, 4) is 5.75 Å². The summed E-state index contributed by atoms with van der Waals surface area (Å²) >= 11 is 0. The number of rotatable bonds is 4. The van der Waals surface area contributed by atoms with Crippen LogP contribution in [0.2, 0.25) is 0 Å². The van der Waals surface area contributed by atoms with Crippen LogP contribution in [0.25, 0.3) is 0 Å². The highest BCUT2D eigenvalue weighted by Crippen LogP contribution is 2.18. The number of nitrogens with zero attached hydrogens (tertiary/aromatic N) is 3. The van der Waals surface area contributed by atoms with Gasteiger partial charge < -0.3 is 4.74 Å². The fraction of sp³-hybridized carbons (Fsp3) is 0.364. The van der Waals surface area contributed by atoms with E-state index in [2.05, 4.69) is 46.6 Å². The van der Waals surface area contributed by atoms with Crippen molar-refractivity contribution in [3.63, 3.8) is 0 Å². The molecule has 5 heteroatoms. The number of nitrogens with one attached hydrogen (secondary N) is 1. The molecule has 1 heterocycles. The van der Waals surface area contributed by atoms with E-state index in [1.807, 2.05) is 12.1 Å². The van der Waals surface area contributed by atoms with E-state index >= 15 is 0 Å². The lowest BCUT2D eigenvalue weighted by molar-refractivity contribution is 0.296. The minimum Gasteiger partial charge on any atom is -0.486 e. The quantitative estimate of drug-likeness (QED) is 0.851. The third kappa shape index (κ3) is 2.56. The normalized spacial score (nSPS) is 10.7. The van der Waals surface area contributed by atoms with Gasteiger partial charge in [-0.1, -0.05) is 26.0 Å². The summed E-state index contributed by atoms with van der Waals surface area (Å²) in [5, 5.41) is 13.3. The van der Waals surface area contributed by atoms with Crippen molar-refractivity contribution >= 4 is 0 Å². The van der Waals surface area contributed by atoms with Crippen LogP contribution in [-0.2, 0) is 6.61 Å². The number of benzene rings is 1. The third-order valence-electron chi connectivity index (χ3n) is 2.31. The molecule has 0 unspecified atom stereocenters. The van der Waals surface area contributed by atoms with E-state index in [9.17, 15) is 0 Å². The van der Waals surface area contributed by atoms with Crippen molar-refractivity contribution in [1.29, 1.82) is 0 Å². The van der Waals surface area contributed by atoms with E-state index in [4.69, 9.17) is 4.74 Å². The van der Waals surface area contributed by atoms with Gasteiger partial charge in [0.25, 0.3) is 0 Å². The zero-order chi connectivity index (χ0) is 11.4. The Morgan fingerprint density at radius 3 is 2.56 bits per heavy atom. The second kappa shape index (κ2) is 4.74. The first-order valence-electron chi connectivity index (χ1n) is 5.21. The molecule has 0 aliphatic heterocycles. The summed E-state index contributed by atoms with van der Waals surface area (Å²) in [5.74, 6) is 1.97. The summed E-state index contributed by atoms with van der Waals surface area (Å²) in [6.07, 6.45) is 0. The SMILES string of the molecule is CC(C)c1ccc(OCc2nnn[nH]2)cc1. The predicted octanol–water partition coefficient (Wildman–Crippen LogP) is 1.90. The lowest BCUT2D eigenvalue weighted by Crippen LogP contribution is -1.98. The highest BCUT2D eigenvalue weighted by Gasteiger charge is 2.01. The van der Waals surface area contributed by atoms with Gasteiger partial charge in [-0.15, -0.1) is 5.10 Å². The van der Waals surface area contributed by atoms with Gasteiger partial charge in [-0.2, -0.15) is 0 Å². The molecule has 0 radical (unpaired) electrons. The van der Waals surface area contributed by atoms with E-state index in [-0.39, 0.29) is 0 Å². The van der Waals surface area contributed by atoms with E-state index < -0.39 is 0 Å². The minimum absolute atomic E-state index is 0.355. The molecule has 1 aromatic carbocycles. The average molecular weight is 218 g/mol. The van der Waals surface area contributed by atoms with E-state index in [0.717, 1.165) is 5.75 Å². The Labute approximate surface area is 93.8 Å². The number of tetrazole rings is 1. The first kappa shape index (κ1) is 10.6. The highest BCUT2D eigenvalue weighted by atomic mass is 16.5. The van der Waals surface area contributed by atoms with Crippen molar-refractivity contribution in [3.05, 3.63) is 35.7 Å². The molecule has 5 nitrogen and oxygen atoms in total. The summed E-state index contributed by atoms with van der Waals surface area (Å²) < 4.78 is 5.51. The maximum atomic E-state index is 5.51. The summed E-state index contributed by atoms with van der Waals surface area (Å²) in [7, 11) is 0. The second-order valence-corrected chi connectivity index (χ2v) is 3.86. The fourth-order valence-electron chi connectivity index (χ4n) is 1.34. The summed E-state index contributed by atoms with van der Waals surface area (Å²) in [6, 6.07) is 8.05. The molecule has 0 atom stereocenters. The first-order valence-corrected chi connectivity index (χ1v) is 5.21. The molecule has 0 saturated heterocycles. The Morgan fingerprint density at radius 1 is 1.25 bits per heavy atom. The maximum absolute atomic E-state index is 5.51. The fourth-order valence-corrected chi connectivity index (χ4v) is 1.34. The molecular formula is C11H14N4O. The Balaban J connectivity index is 1.95.